The zero-order chi connectivity index (χ0) is 30.8. The van der Waals surface area contributed by atoms with E-state index in [0.717, 1.165) is 11.1 Å². The van der Waals surface area contributed by atoms with Gasteiger partial charge in [0.1, 0.15) is 23.9 Å². The summed E-state index contributed by atoms with van der Waals surface area (Å²) in [5.41, 5.74) is 2.33. The van der Waals surface area contributed by atoms with Crippen molar-refractivity contribution in [1.29, 1.82) is 0 Å². The first kappa shape index (κ1) is 31.0. The number of amides is 4. The second-order valence-electron chi connectivity index (χ2n) is 11.0. The number of ether oxygens (including phenoxy) is 1. The quantitative estimate of drug-likeness (QED) is 0.333. The summed E-state index contributed by atoms with van der Waals surface area (Å²) in [4.78, 5) is 54.4. The molecule has 3 aromatic rings. The van der Waals surface area contributed by atoms with Gasteiger partial charge in [0.2, 0.25) is 24.1 Å². The van der Waals surface area contributed by atoms with Crippen LogP contribution in [0.25, 0.3) is 6.08 Å². The summed E-state index contributed by atoms with van der Waals surface area (Å²) in [6, 6.07) is 22.6. The van der Waals surface area contributed by atoms with Crippen molar-refractivity contribution in [3.8, 4) is 5.75 Å². The van der Waals surface area contributed by atoms with Gasteiger partial charge in [-0.25, -0.2) is 0 Å². The van der Waals surface area contributed by atoms with Gasteiger partial charge in [0.25, 0.3) is 0 Å². The minimum atomic E-state index is -1.26. The number of fused-ring (bicyclic) bond motifs is 10. The molecular formula is C34H38N4O5. The molecule has 0 saturated carbocycles. The summed E-state index contributed by atoms with van der Waals surface area (Å²) in [6.45, 7) is 3.90. The van der Waals surface area contributed by atoms with Gasteiger partial charge in [-0.15, -0.1) is 0 Å². The van der Waals surface area contributed by atoms with Gasteiger partial charge in [-0.1, -0.05) is 86.6 Å². The second kappa shape index (κ2) is 14.8. The largest absolute Gasteiger partial charge is 0.483 e. The first-order valence-electron chi connectivity index (χ1n) is 14.4. The third-order valence-electron chi connectivity index (χ3n) is 7.23. The lowest BCUT2D eigenvalue weighted by molar-refractivity contribution is -0.137. The van der Waals surface area contributed by atoms with E-state index in [0.29, 0.717) is 24.1 Å². The lowest BCUT2D eigenvalue weighted by Crippen LogP contribution is -2.59. The lowest BCUT2D eigenvalue weighted by atomic mass is 9.97. The fourth-order valence-electron chi connectivity index (χ4n) is 4.92. The Labute approximate surface area is 252 Å². The average molecular weight is 583 g/mol. The minimum absolute atomic E-state index is 0.0997. The Kier molecular flexibility index (Phi) is 10.7. The van der Waals surface area contributed by atoms with Crippen LogP contribution in [0.5, 0.6) is 5.75 Å². The predicted molar refractivity (Wildman–Crippen MR) is 165 cm³/mol. The molecule has 0 aromatic heterocycles. The van der Waals surface area contributed by atoms with E-state index >= 15 is 0 Å². The van der Waals surface area contributed by atoms with Gasteiger partial charge < -0.3 is 25.6 Å². The second-order valence-corrected chi connectivity index (χ2v) is 11.0. The Balaban J connectivity index is 1.79. The number of benzene rings is 3. The highest BCUT2D eigenvalue weighted by Gasteiger charge is 2.37. The van der Waals surface area contributed by atoms with Gasteiger partial charge in [0.15, 0.2) is 6.10 Å². The van der Waals surface area contributed by atoms with Crippen molar-refractivity contribution in [3.05, 3.63) is 108 Å². The zero-order valence-electron chi connectivity index (χ0n) is 24.6. The summed E-state index contributed by atoms with van der Waals surface area (Å²) < 4.78 is 6.43. The van der Waals surface area contributed by atoms with Gasteiger partial charge in [0, 0.05) is 19.7 Å². The number of nitrogens with one attached hydrogen (secondary N) is 3. The van der Waals surface area contributed by atoms with E-state index in [2.05, 4.69) is 16.0 Å². The van der Waals surface area contributed by atoms with Crippen molar-refractivity contribution in [2.75, 3.05) is 7.05 Å². The van der Waals surface area contributed by atoms with Crippen LogP contribution in [0, 0.1) is 5.92 Å². The highest BCUT2D eigenvalue weighted by atomic mass is 16.5. The molecule has 3 N–H and O–H groups in total. The van der Waals surface area contributed by atoms with Crippen molar-refractivity contribution in [3.63, 3.8) is 0 Å². The molecule has 43 heavy (non-hydrogen) atoms. The van der Waals surface area contributed by atoms with Crippen LogP contribution in [-0.2, 0) is 25.6 Å². The number of hydrogen-bond donors (Lipinski definition) is 3. The Bertz CT molecular complexity index is 1410. The fraction of sp³-hybridized carbons (Fsp3) is 0.294. The normalized spacial score (nSPS) is 19.4. The number of rotatable bonds is 9. The van der Waals surface area contributed by atoms with Crippen LogP contribution < -0.4 is 20.7 Å². The molecule has 9 nitrogen and oxygen atoms in total. The number of carbonyl (C=O) groups is 4. The summed E-state index contributed by atoms with van der Waals surface area (Å²) in [5, 5.41) is 8.54. The van der Waals surface area contributed by atoms with Crippen LogP contribution in [0.15, 0.2) is 91.1 Å². The number of likely N-dealkylation sites (N-methyl/N-ethyl adjacent to an activating group) is 1. The molecule has 2 aliphatic heterocycles. The molecule has 0 saturated heterocycles. The number of carbonyl (C=O) groups excluding carboxylic acids is 4. The number of hydrogen-bond acceptors (Lipinski definition) is 5. The predicted octanol–water partition coefficient (Wildman–Crippen LogP) is 3.62. The van der Waals surface area contributed by atoms with Gasteiger partial charge >= 0.3 is 0 Å². The van der Waals surface area contributed by atoms with Crippen LogP contribution in [0.4, 0.5) is 0 Å². The third kappa shape index (κ3) is 8.54. The third-order valence-corrected chi connectivity index (χ3v) is 7.23. The smallest absolute Gasteiger partial charge is 0.247 e. The maximum Gasteiger partial charge on any atom is 0.247 e. The Hall–Kier alpha value is -4.92. The Morgan fingerprint density at radius 3 is 2.23 bits per heavy atom. The van der Waals surface area contributed by atoms with Crippen molar-refractivity contribution in [2.45, 2.75) is 50.9 Å². The van der Waals surface area contributed by atoms with Gasteiger partial charge in [-0.05, 0) is 47.2 Å². The maximum absolute atomic E-state index is 14.2. The van der Waals surface area contributed by atoms with Crippen molar-refractivity contribution < 1.29 is 23.9 Å². The molecule has 0 radical (unpaired) electrons. The molecule has 4 unspecified atom stereocenters. The van der Waals surface area contributed by atoms with E-state index in [9.17, 15) is 19.2 Å². The molecule has 0 fully saturated rings. The molecule has 0 aliphatic carbocycles. The molecule has 2 aliphatic rings. The number of nitrogens with zero attached hydrogens (tertiary/aromatic N) is 1. The van der Waals surface area contributed by atoms with E-state index in [-0.39, 0.29) is 12.3 Å². The van der Waals surface area contributed by atoms with Crippen LogP contribution in [0.3, 0.4) is 0 Å². The van der Waals surface area contributed by atoms with E-state index in [1.54, 1.807) is 18.2 Å². The first-order valence-corrected chi connectivity index (χ1v) is 14.4. The molecule has 5 rings (SSSR count). The maximum atomic E-state index is 14.2. The minimum Gasteiger partial charge on any atom is -0.483 e. The van der Waals surface area contributed by atoms with E-state index < -0.39 is 42.0 Å². The molecule has 4 atom stereocenters. The summed E-state index contributed by atoms with van der Waals surface area (Å²) in [7, 11) is 1.54. The van der Waals surface area contributed by atoms with Crippen LogP contribution in [0.1, 0.15) is 43.1 Å². The van der Waals surface area contributed by atoms with Crippen LogP contribution >= 0.6 is 0 Å². The molecule has 3 aromatic carbocycles. The molecule has 4 amide bonds. The molecule has 9 heteroatoms. The molecule has 2 heterocycles. The van der Waals surface area contributed by atoms with Crippen molar-refractivity contribution >= 4 is 30.2 Å². The molecular weight excluding hydrogens is 544 g/mol. The van der Waals surface area contributed by atoms with Gasteiger partial charge in [0.05, 0.1) is 0 Å². The lowest BCUT2D eigenvalue weighted by Gasteiger charge is -2.32. The van der Waals surface area contributed by atoms with Crippen molar-refractivity contribution in [2.24, 2.45) is 5.92 Å². The summed E-state index contributed by atoms with van der Waals surface area (Å²) >= 11 is 0. The Morgan fingerprint density at radius 2 is 1.60 bits per heavy atom. The fourth-order valence-corrected chi connectivity index (χ4v) is 4.92. The van der Waals surface area contributed by atoms with Gasteiger partial charge in [-0.2, -0.15) is 0 Å². The van der Waals surface area contributed by atoms with Crippen LogP contribution in [-0.4, -0.2) is 54.2 Å². The topological polar surface area (TPSA) is 117 Å². The van der Waals surface area contributed by atoms with Crippen LogP contribution in [0.2, 0.25) is 0 Å². The monoisotopic (exact) mass is 582 g/mol. The SMILES string of the molecule is CC(C)CC(C(=O)NC1C(=O)NC(Cc2ccccc2)C(=O)NC=Cc2ccc(cc2)OC1c1ccccc1)N(C)C=O. The summed E-state index contributed by atoms with van der Waals surface area (Å²) in [5.74, 6) is -0.932. The molecule has 2 bridgehead atoms. The highest BCUT2D eigenvalue weighted by Crippen LogP contribution is 2.27. The van der Waals surface area contributed by atoms with Crippen molar-refractivity contribution in [1.82, 2.24) is 20.9 Å². The van der Waals surface area contributed by atoms with Gasteiger partial charge in [-0.3, -0.25) is 19.2 Å². The van der Waals surface area contributed by atoms with E-state index in [1.165, 1.54) is 18.1 Å². The molecule has 224 valence electrons. The van der Waals surface area contributed by atoms with E-state index in [1.807, 2.05) is 86.6 Å². The zero-order valence-corrected chi connectivity index (χ0v) is 24.6. The van der Waals surface area contributed by atoms with E-state index in [4.69, 9.17) is 4.74 Å². The average Bonchev–Trinajstić information content (AvgIpc) is 3.01. The summed E-state index contributed by atoms with van der Waals surface area (Å²) in [6.07, 6.45) is 3.54. The first-order chi connectivity index (χ1) is 20.7. The standard InChI is InChI=1S/C34H38N4O5/c1-23(2)20-29(38(3)22-39)33(41)37-30-31(26-12-8-5-9-13-26)43-27-16-14-24(15-17-27)18-19-35-32(40)28(36-34(30)42)21-25-10-6-4-7-11-25/h4-19,22-23,28-31H,20-21H2,1-3H3,(H,35,40)(H,36,42)(H,37,41). The highest BCUT2D eigenvalue weighted by molar-refractivity contribution is 5.94. The Morgan fingerprint density at radius 1 is 0.953 bits per heavy atom. The molecule has 0 spiro atoms.